The van der Waals surface area contributed by atoms with Crippen LogP contribution in [0.25, 0.3) is 0 Å². The van der Waals surface area contributed by atoms with Crippen molar-refractivity contribution >= 4 is 5.69 Å². The number of hydrogen-bond acceptors (Lipinski definition) is 3. The lowest BCUT2D eigenvalue weighted by Crippen LogP contribution is -2.44. The van der Waals surface area contributed by atoms with Gasteiger partial charge in [0.2, 0.25) is 0 Å². The van der Waals surface area contributed by atoms with Gasteiger partial charge in [-0.05, 0) is 51.0 Å². The summed E-state index contributed by atoms with van der Waals surface area (Å²) in [6.45, 7) is 6.19. The van der Waals surface area contributed by atoms with Crippen molar-refractivity contribution in [1.29, 1.82) is 0 Å². The van der Waals surface area contributed by atoms with E-state index >= 15 is 0 Å². The van der Waals surface area contributed by atoms with E-state index in [1.807, 2.05) is 13.0 Å². The van der Waals surface area contributed by atoms with Crippen LogP contribution in [-0.4, -0.2) is 30.4 Å². The van der Waals surface area contributed by atoms with Crippen molar-refractivity contribution in [2.24, 2.45) is 0 Å². The molecule has 0 bridgehead atoms. The molecule has 94 valence electrons. The maximum absolute atomic E-state index is 9.90. The van der Waals surface area contributed by atoms with Crippen molar-refractivity contribution in [2.75, 3.05) is 12.0 Å². The van der Waals surface area contributed by atoms with Gasteiger partial charge in [-0.1, -0.05) is 0 Å². The van der Waals surface area contributed by atoms with E-state index in [4.69, 9.17) is 4.74 Å². The second-order valence-electron chi connectivity index (χ2n) is 5.01. The van der Waals surface area contributed by atoms with Gasteiger partial charge in [0.15, 0.2) is 0 Å². The molecule has 3 nitrogen and oxygen atoms in total. The smallest absolute Gasteiger partial charge is 0.119 e. The molecule has 2 rings (SSSR count). The number of anilines is 1. The van der Waals surface area contributed by atoms with E-state index in [0.717, 1.165) is 12.2 Å². The molecule has 1 aromatic rings. The summed E-state index contributed by atoms with van der Waals surface area (Å²) >= 11 is 0. The van der Waals surface area contributed by atoms with Crippen molar-refractivity contribution in [3.63, 3.8) is 0 Å². The number of aliphatic hydroxyl groups is 1. The number of rotatable bonds is 3. The van der Waals surface area contributed by atoms with Crippen LogP contribution >= 0.6 is 0 Å². The van der Waals surface area contributed by atoms with Gasteiger partial charge in [-0.15, -0.1) is 0 Å². The zero-order chi connectivity index (χ0) is 12.6. The van der Waals surface area contributed by atoms with Crippen LogP contribution in [-0.2, 0) is 6.42 Å². The van der Waals surface area contributed by atoms with E-state index in [9.17, 15) is 5.11 Å². The lowest BCUT2D eigenvalue weighted by atomic mass is 10.1. The Bertz CT molecular complexity index is 401. The Kier molecular flexibility index (Phi) is 3.29. The second kappa shape index (κ2) is 4.57. The Hall–Kier alpha value is -1.22. The third kappa shape index (κ3) is 2.12. The Morgan fingerprint density at radius 1 is 1.35 bits per heavy atom. The predicted octanol–water partition coefficient (Wildman–Crippen LogP) is 2.22. The lowest BCUT2D eigenvalue weighted by molar-refractivity contribution is 0.159. The quantitative estimate of drug-likeness (QED) is 0.872. The molecule has 1 aliphatic heterocycles. The first-order chi connectivity index (χ1) is 8.04. The summed E-state index contributed by atoms with van der Waals surface area (Å²) in [5.74, 6) is 0.888. The number of hydrogen-bond donors (Lipinski definition) is 1. The first kappa shape index (κ1) is 12.2. The largest absolute Gasteiger partial charge is 0.497 e. The molecule has 0 aromatic heterocycles. The Morgan fingerprint density at radius 2 is 2.06 bits per heavy atom. The molecular weight excluding hydrogens is 214 g/mol. The molecule has 1 N–H and O–H groups in total. The number of nitrogens with zero attached hydrogens (tertiary/aromatic N) is 1. The minimum absolute atomic E-state index is 0.178. The minimum Gasteiger partial charge on any atom is -0.497 e. The van der Waals surface area contributed by atoms with Gasteiger partial charge < -0.3 is 14.7 Å². The first-order valence-corrected chi connectivity index (χ1v) is 6.18. The molecule has 0 saturated carbocycles. The van der Waals surface area contributed by atoms with Gasteiger partial charge in [0.05, 0.1) is 19.3 Å². The van der Waals surface area contributed by atoms with Gasteiger partial charge in [0.25, 0.3) is 0 Å². The van der Waals surface area contributed by atoms with Gasteiger partial charge in [-0.3, -0.25) is 0 Å². The number of ether oxygens (including phenoxy) is 1. The minimum atomic E-state index is -0.323. The standard InChI is InChI=1S/C14H21NO2/c1-9(2)15-13-6-5-12(17-4)7-11(13)8-14(15)10(3)16/h5-7,9-10,14,16H,8H2,1-4H3. The number of methoxy groups -OCH3 is 1. The van der Waals surface area contributed by atoms with Gasteiger partial charge >= 0.3 is 0 Å². The number of benzene rings is 1. The van der Waals surface area contributed by atoms with Crippen LogP contribution in [0.1, 0.15) is 26.3 Å². The topological polar surface area (TPSA) is 32.7 Å². The van der Waals surface area contributed by atoms with E-state index in [0.29, 0.717) is 6.04 Å². The summed E-state index contributed by atoms with van der Waals surface area (Å²) in [7, 11) is 1.68. The molecule has 2 atom stereocenters. The highest BCUT2D eigenvalue weighted by Gasteiger charge is 2.33. The fourth-order valence-electron chi connectivity index (χ4n) is 2.67. The lowest BCUT2D eigenvalue weighted by Gasteiger charge is -2.33. The Morgan fingerprint density at radius 3 is 2.59 bits per heavy atom. The SMILES string of the molecule is COc1ccc2c(c1)CC(C(C)O)N2C(C)C. The Balaban J connectivity index is 2.39. The summed E-state index contributed by atoms with van der Waals surface area (Å²) in [6.07, 6.45) is 0.568. The third-order valence-corrected chi connectivity index (χ3v) is 3.46. The van der Waals surface area contributed by atoms with Crippen LogP contribution in [0.3, 0.4) is 0 Å². The molecule has 0 amide bonds. The van der Waals surface area contributed by atoms with Crippen molar-refractivity contribution in [2.45, 2.75) is 45.4 Å². The number of fused-ring (bicyclic) bond motifs is 1. The van der Waals surface area contributed by atoms with Gasteiger partial charge in [0, 0.05) is 11.7 Å². The summed E-state index contributed by atoms with van der Waals surface area (Å²) < 4.78 is 5.25. The van der Waals surface area contributed by atoms with Gasteiger partial charge in [0.1, 0.15) is 5.75 Å². The molecule has 1 aromatic carbocycles. The average molecular weight is 235 g/mol. The van der Waals surface area contributed by atoms with Gasteiger partial charge in [-0.2, -0.15) is 0 Å². The maximum Gasteiger partial charge on any atom is 0.119 e. The summed E-state index contributed by atoms with van der Waals surface area (Å²) in [6, 6.07) is 6.73. The van der Waals surface area contributed by atoms with E-state index < -0.39 is 0 Å². The van der Waals surface area contributed by atoms with Crippen LogP contribution in [0.4, 0.5) is 5.69 Å². The third-order valence-electron chi connectivity index (χ3n) is 3.46. The summed E-state index contributed by atoms with van der Waals surface area (Å²) in [5, 5.41) is 9.90. The fraction of sp³-hybridized carbons (Fsp3) is 0.571. The van der Waals surface area contributed by atoms with Crippen LogP contribution in [0.5, 0.6) is 5.75 Å². The maximum atomic E-state index is 9.90. The monoisotopic (exact) mass is 235 g/mol. The Labute approximate surface area is 103 Å². The molecule has 0 radical (unpaired) electrons. The fourth-order valence-corrected chi connectivity index (χ4v) is 2.67. The van der Waals surface area contributed by atoms with Crippen molar-refractivity contribution in [1.82, 2.24) is 0 Å². The molecule has 1 heterocycles. The van der Waals surface area contributed by atoms with E-state index in [-0.39, 0.29) is 12.1 Å². The first-order valence-electron chi connectivity index (χ1n) is 6.18. The average Bonchev–Trinajstić information content (AvgIpc) is 2.66. The zero-order valence-electron chi connectivity index (χ0n) is 11.0. The normalized spacial score (nSPS) is 20.6. The highest BCUT2D eigenvalue weighted by molar-refractivity contribution is 5.62. The van der Waals surface area contributed by atoms with Crippen LogP contribution in [0.15, 0.2) is 18.2 Å². The molecule has 1 aliphatic rings. The molecular formula is C14H21NO2. The molecule has 2 unspecified atom stereocenters. The van der Waals surface area contributed by atoms with Crippen LogP contribution in [0, 0.1) is 0 Å². The van der Waals surface area contributed by atoms with Gasteiger partial charge in [-0.25, -0.2) is 0 Å². The van der Waals surface area contributed by atoms with E-state index in [2.05, 4.69) is 30.9 Å². The second-order valence-corrected chi connectivity index (χ2v) is 5.01. The molecule has 3 heteroatoms. The van der Waals surface area contributed by atoms with Crippen LogP contribution in [0.2, 0.25) is 0 Å². The van der Waals surface area contributed by atoms with Crippen molar-refractivity contribution in [3.8, 4) is 5.75 Å². The highest BCUT2D eigenvalue weighted by Crippen LogP contribution is 2.37. The van der Waals surface area contributed by atoms with E-state index in [1.54, 1.807) is 7.11 Å². The molecule has 0 fully saturated rings. The molecule has 17 heavy (non-hydrogen) atoms. The molecule has 0 saturated heterocycles. The van der Waals surface area contributed by atoms with E-state index in [1.165, 1.54) is 11.3 Å². The summed E-state index contributed by atoms with van der Waals surface area (Å²) in [5.41, 5.74) is 2.50. The van der Waals surface area contributed by atoms with Crippen molar-refractivity contribution < 1.29 is 9.84 Å². The zero-order valence-corrected chi connectivity index (χ0v) is 11.0. The molecule has 0 spiro atoms. The van der Waals surface area contributed by atoms with Crippen molar-refractivity contribution in [3.05, 3.63) is 23.8 Å². The van der Waals surface area contributed by atoms with Crippen LogP contribution < -0.4 is 9.64 Å². The number of aliphatic hydroxyl groups excluding tert-OH is 1. The summed E-state index contributed by atoms with van der Waals surface area (Å²) in [4.78, 5) is 2.31. The predicted molar refractivity (Wildman–Crippen MR) is 69.8 cm³/mol. The molecule has 0 aliphatic carbocycles. The highest BCUT2D eigenvalue weighted by atomic mass is 16.5.